The Morgan fingerprint density at radius 3 is 2.56 bits per heavy atom. The number of sulfonamides is 1. The number of anilines is 1. The number of hydrogen-bond donors (Lipinski definition) is 1. The van der Waals surface area contributed by atoms with Gasteiger partial charge in [0.15, 0.2) is 0 Å². The Kier molecular flexibility index (Phi) is 5.73. The monoisotopic (exact) mass is 431 g/mol. The lowest BCUT2D eigenvalue weighted by Gasteiger charge is -2.26. The average molecular weight is 432 g/mol. The largest absolute Gasteiger partial charge is 0.379 e. The molecule has 1 aliphatic rings. The van der Waals surface area contributed by atoms with E-state index < -0.39 is 15.9 Å². The SMILES string of the molecule is Cc1c(C(=O)Nc2cc(S(=O)(=O)N3CCOCC3)ccc2Cl)sc(=O)n1C. The Morgan fingerprint density at radius 1 is 1.30 bits per heavy atom. The highest BCUT2D eigenvalue weighted by Gasteiger charge is 2.27. The number of rotatable bonds is 4. The van der Waals surface area contributed by atoms with Crippen LogP contribution in [0.25, 0.3) is 0 Å². The van der Waals surface area contributed by atoms with Gasteiger partial charge in [0.05, 0.1) is 28.8 Å². The first-order chi connectivity index (χ1) is 12.7. The predicted molar refractivity (Wildman–Crippen MR) is 103 cm³/mol. The topological polar surface area (TPSA) is 97.7 Å². The van der Waals surface area contributed by atoms with Crippen molar-refractivity contribution in [2.75, 3.05) is 31.6 Å². The number of hydrogen-bond acceptors (Lipinski definition) is 6. The number of morpholine rings is 1. The maximum Gasteiger partial charge on any atom is 0.307 e. The lowest BCUT2D eigenvalue weighted by Crippen LogP contribution is -2.40. The Labute approximate surface area is 165 Å². The molecule has 1 fully saturated rings. The van der Waals surface area contributed by atoms with E-state index in [2.05, 4.69) is 5.32 Å². The van der Waals surface area contributed by atoms with Gasteiger partial charge >= 0.3 is 4.87 Å². The summed E-state index contributed by atoms with van der Waals surface area (Å²) in [6, 6.07) is 4.14. The molecule has 3 rings (SSSR count). The molecule has 1 aromatic heterocycles. The van der Waals surface area contributed by atoms with Crippen LogP contribution in [0.15, 0.2) is 27.9 Å². The maximum atomic E-state index is 12.8. The van der Waals surface area contributed by atoms with Crippen LogP contribution in [-0.4, -0.2) is 49.5 Å². The lowest BCUT2D eigenvalue weighted by atomic mass is 10.3. The molecule has 0 unspecified atom stereocenters. The minimum atomic E-state index is -3.72. The molecule has 2 heterocycles. The van der Waals surface area contributed by atoms with E-state index in [1.807, 2.05) is 0 Å². The van der Waals surface area contributed by atoms with Crippen LogP contribution in [-0.2, 0) is 21.8 Å². The van der Waals surface area contributed by atoms with Crippen molar-refractivity contribution >= 4 is 44.6 Å². The van der Waals surface area contributed by atoms with Crippen molar-refractivity contribution in [1.29, 1.82) is 0 Å². The minimum absolute atomic E-state index is 0.0297. The molecule has 146 valence electrons. The molecule has 1 aromatic carbocycles. The van der Waals surface area contributed by atoms with E-state index in [4.69, 9.17) is 16.3 Å². The van der Waals surface area contributed by atoms with E-state index in [1.54, 1.807) is 14.0 Å². The van der Waals surface area contributed by atoms with Crippen LogP contribution in [0.2, 0.25) is 5.02 Å². The molecule has 2 aromatic rings. The quantitative estimate of drug-likeness (QED) is 0.794. The fourth-order valence-electron chi connectivity index (χ4n) is 2.61. The molecule has 8 nitrogen and oxygen atoms in total. The van der Waals surface area contributed by atoms with Crippen molar-refractivity contribution in [3.05, 3.63) is 43.5 Å². The number of aromatic nitrogens is 1. The van der Waals surface area contributed by atoms with Gasteiger partial charge in [0.1, 0.15) is 4.88 Å². The van der Waals surface area contributed by atoms with Gasteiger partial charge in [0.2, 0.25) is 10.0 Å². The van der Waals surface area contributed by atoms with Crippen LogP contribution >= 0.6 is 22.9 Å². The van der Waals surface area contributed by atoms with Gasteiger partial charge in [-0.3, -0.25) is 9.59 Å². The Morgan fingerprint density at radius 2 is 1.96 bits per heavy atom. The molecule has 0 spiro atoms. The summed E-state index contributed by atoms with van der Waals surface area (Å²) < 4.78 is 33.5. The van der Waals surface area contributed by atoms with Crippen LogP contribution in [0.1, 0.15) is 15.4 Å². The molecule has 0 radical (unpaired) electrons. The van der Waals surface area contributed by atoms with Crippen LogP contribution in [0, 0.1) is 6.92 Å². The van der Waals surface area contributed by atoms with Gasteiger partial charge in [-0.05, 0) is 25.1 Å². The molecule has 1 N–H and O–H groups in total. The summed E-state index contributed by atoms with van der Waals surface area (Å²) in [6.07, 6.45) is 0. The standard InChI is InChI=1S/C16H18ClN3O5S2/c1-10-14(26-16(22)19(10)2)15(21)18-13-9-11(3-4-12(13)17)27(23,24)20-5-7-25-8-6-20/h3-4,9H,5-8H2,1-2H3,(H,18,21). The summed E-state index contributed by atoms with van der Waals surface area (Å²) in [4.78, 5) is 24.3. The zero-order valence-corrected chi connectivity index (χ0v) is 17.1. The summed E-state index contributed by atoms with van der Waals surface area (Å²) in [6.45, 7) is 2.87. The first-order valence-electron chi connectivity index (χ1n) is 8.07. The molecule has 0 bridgehead atoms. The van der Waals surface area contributed by atoms with Crippen molar-refractivity contribution in [3.8, 4) is 0 Å². The molecule has 27 heavy (non-hydrogen) atoms. The molecule has 1 aliphatic heterocycles. The third kappa shape index (κ3) is 3.94. The lowest BCUT2D eigenvalue weighted by molar-refractivity contribution is 0.0730. The number of carbonyl (C=O) groups excluding carboxylic acids is 1. The van der Waals surface area contributed by atoms with Gasteiger partial charge in [-0.25, -0.2) is 8.42 Å². The fraction of sp³-hybridized carbons (Fsp3) is 0.375. The number of amides is 1. The van der Waals surface area contributed by atoms with Gasteiger partial charge in [0.25, 0.3) is 5.91 Å². The van der Waals surface area contributed by atoms with E-state index in [-0.39, 0.29) is 38.4 Å². The van der Waals surface area contributed by atoms with Gasteiger partial charge in [0, 0.05) is 25.8 Å². The zero-order chi connectivity index (χ0) is 19.8. The van der Waals surface area contributed by atoms with Crippen molar-refractivity contribution < 1.29 is 17.9 Å². The maximum absolute atomic E-state index is 12.8. The van der Waals surface area contributed by atoms with Crippen LogP contribution in [0.4, 0.5) is 5.69 Å². The molecular weight excluding hydrogens is 414 g/mol. The van der Waals surface area contributed by atoms with Gasteiger partial charge in [-0.1, -0.05) is 22.9 Å². The highest BCUT2D eigenvalue weighted by atomic mass is 35.5. The summed E-state index contributed by atoms with van der Waals surface area (Å²) in [5, 5.41) is 2.80. The van der Waals surface area contributed by atoms with Gasteiger partial charge in [-0.2, -0.15) is 4.31 Å². The number of carbonyl (C=O) groups is 1. The highest BCUT2D eigenvalue weighted by Crippen LogP contribution is 2.28. The van der Waals surface area contributed by atoms with E-state index in [0.717, 1.165) is 11.3 Å². The van der Waals surface area contributed by atoms with Gasteiger partial charge < -0.3 is 14.6 Å². The van der Waals surface area contributed by atoms with Crippen molar-refractivity contribution in [1.82, 2.24) is 8.87 Å². The average Bonchev–Trinajstić information content (AvgIpc) is 2.91. The van der Waals surface area contributed by atoms with E-state index in [9.17, 15) is 18.0 Å². The number of thiazole rings is 1. The first-order valence-corrected chi connectivity index (χ1v) is 10.7. The molecular formula is C16H18ClN3O5S2. The zero-order valence-electron chi connectivity index (χ0n) is 14.7. The third-order valence-electron chi connectivity index (χ3n) is 4.30. The summed E-state index contributed by atoms with van der Waals surface area (Å²) in [5.41, 5.74) is 0.689. The minimum Gasteiger partial charge on any atom is -0.379 e. The fourth-order valence-corrected chi connectivity index (χ4v) is 5.08. The van der Waals surface area contributed by atoms with Crippen molar-refractivity contribution in [2.45, 2.75) is 11.8 Å². The van der Waals surface area contributed by atoms with Crippen LogP contribution in [0.3, 0.4) is 0 Å². The third-order valence-corrected chi connectivity index (χ3v) is 7.65. The molecule has 11 heteroatoms. The summed E-state index contributed by atoms with van der Waals surface area (Å²) in [5.74, 6) is -0.516. The van der Waals surface area contributed by atoms with Gasteiger partial charge in [-0.15, -0.1) is 0 Å². The Bertz CT molecular complexity index is 1040. The Hall–Kier alpha value is -1.72. The number of halogens is 1. The van der Waals surface area contributed by atoms with E-state index in [0.29, 0.717) is 18.9 Å². The Balaban J connectivity index is 1.90. The van der Waals surface area contributed by atoms with Crippen LogP contribution in [0.5, 0.6) is 0 Å². The van der Waals surface area contributed by atoms with Crippen LogP contribution < -0.4 is 10.2 Å². The van der Waals surface area contributed by atoms with Crippen molar-refractivity contribution in [3.63, 3.8) is 0 Å². The molecule has 1 amide bonds. The molecule has 0 atom stereocenters. The molecule has 1 saturated heterocycles. The normalized spacial score (nSPS) is 15.7. The summed E-state index contributed by atoms with van der Waals surface area (Å²) in [7, 11) is -2.14. The smallest absolute Gasteiger partial charge is 0.307 e. The summed E-state index contributed by atoms with van der Waals surface area (Å²) >= 11 is 6.95. The van der Waals surface area contributed by atoms with E-state index in [1.165, 1.54) is 27.1 Å². The second-order valence-corrected chi connectivity index (χ2v) is 9.26. The van der Waals surface area contributed by atoms with Crippen molar-refractivity contribution in [2.24, 2.45) is 7.05 Å². The first kappa shape index (κ1) is 20.0. The number of benzene rings is 1. The predicted octanol–water partition coefficient (Wildman–Crippen LogP) is 1.68. The second kappa shape index (κ2) is 7.72. The highest BCUT2D eigenvalue weighted by molar-refractivity contribution is 7.89. The number of ether oxygens (including phenoxy) is 1. The van der Waals surface area contributed by atoms with E-state index >= 15 is 0 Å². The number of nitrogens with one attached hydrogen (secondary N) is 1. The molecule has 0 aliphatic carbocycles. The number of nitrogens with zero attached hydrogens (tertiary/aromatic N) is 2. The molecule has 0 saturated carbocycles. The second-order valence-electron chi connectivity index (χ2n) is 5.95.